The first-order chi connectivity index (χ1) is 9.44. The monoisotopic (exact) mass is 281 g/mol. The molecule has 1 aromatic rings. The molecule has 4 nitrogen and oxygen atoms in total. The predicted octanol–water partition coefficient (Wildman–Crippen LogP) is 2.30. The molecule has 0 aromatic heterocycles. The highest BCUT2D eigenvalue weighted by Crippen LogP contribution is 2.16. The molecule has 0 bridgehead atoms. The molecule has 1 rings (SSSR count). The molecule has 0 amide bonds. The molecule has 0 unspecified atom stereocenters. The Labute approximate surface area is 122 Å². The fraction of sp³-hybridized carbons (Fsp3) is 0.625. The zero-order valence-electron chi connectivity index (χ0n) is 13.1. The highest BCUT2D eigenvalue weighted by molar-refractivity contribution is 5.28. The lowest BCUT2D eigenvalue weighted by molar-refractivity contribution is 0.0306. The van der Waals surface area contributed by atoms with Crippen molar-refractivity contribution in [1.29, 1.82) is 0 Å². The van der Waals surface area contributed by atoms with Crippen LogP contribution in [0.1, 0.15) is 25.8 Å². The highest BCUT2D eigenvalue weighted by Gasteiger charge is 2.18. The van der Waals surface area contributed by atoms with E-state index >= 15 is 0 Å². The van der Waals surface area contributed by atoms with Crippen molar-refractivity contribution in [2.45, 2.75) is 32.4 Å². The number of rotatable bonds is 9. The van der Waals surface area contributed by atoms with Gasteiger partial charge in [0.25, 0.3) is 0 Å². The van der Waals surface area contributed by atoms with Gasteiger partial charge in [0.1, 0.15) is 5.75 Å². The van der Waals surface area contributed by atoms with Gasteiger partial charge in [0, 0.05) is 33.4 Å². The van der Waals surface area contributed by atoms with E-state index in [0.29, 0.717) is 6.54 Å². The number of methoxy groups -OCH3 is 2. The first-order valence-corrected chi connectivity index (χ1v) is 7.01. The van der Waals surface area contributed by atoms with Crippen LogP contribution in [0.25, 0.3) is 0 Å². The SMILES string of the molecule is COCCCN(Cc1cccc(OC)c1)CC(C)(C)O. The van der Waals surface area contributed by atoms with Crippen LogP contribution in [-0.2, 0) is 11.3 Å². The Morgan fingerprint density at radius 1 is 1.25 bits per heavy atom. The quantitative estimate of drug-likeness (QED) is 0.705. The molecule has 0 saturated carbocycles. The van der Waals surface area contributed by atoms with Gasteiger partial charge in [0.15, 0.2) is 0 Å². The molecular formula is C16H27NO3. The third-order valence-electron chi connectivity index (χ3n) is 2.97. The predicted molar refractivity (Wildman–Crippen MR) is 81.1 cm³/mol. The van der Waals surface area contributed by atoms with Gasteiger partial charge in [-0.25, -0.2) is 0 Å². The molecule has 0 fully saturated rings. The van der Waals surface area contributed by atoms with Gasteiger partial charge in [-0.05, 0) is 38.0 Å². The van der Waals surface area contributed by atoms with Crippen molar-refractivity contribution in [3.05, 3.63) is 29.8 Å². The summed E-state index contributed by atoms with van der Waals surface area (Å²) in [5.41, 5.74) is 0.484. The highest BCUT2D eigenvalue weighted by atomic mass is 16.5. The van der Waals surface area contributed by atoms with E-state index in [2.05, 4.69) is 11.0 Å². The van der Waals surface area contributed by atoms with Crippen molar-refractivity contribution >= 4 is 0 Å². The van der Waals surface area contributed by atoms with Crippen LogP contribution in [0.2, 0.25) is 0 Å². The zero-order valence-corrected chi connectivity index (χ0v) is 13.1. The maximum atomic E-state index is 10.0. The first-order valence-electron chi connectivity index (χ1n) is 7.01. The smallest absolute Gasteiger partial charge is 0.119 e. The molecule has 4 heteroatoms. The van der Waals surface area contributed by atoms with Gasteiger partial charge >= 0.3 is 0 Å². The summed E-state index contributed by atoms with van der Waals surface area (Å²) in [6.45, 7) is 6.73. The largest absolute Gasteiger partial charge is 0.497 e. The van der Waals surface area contributed by atoms with Crippen molar-refractivity contribution < 1.29 is 14.6 Å². The average Bonchev–Trinajstić information content (AvgIpc) is 2.37. The van der Waals surface area contributed by atoms with Crippen molar-refractivity contribution in [2.75, 3.05) is 33.9 Å². The number of hydrogen-bond donors (Lipinski definition) is 1. The van der Waals surface area contributed by atoms with Crippen LogP contribution in [0.5, 0.6) is 5.75 Å². The summed E-state index contributed by atoms with van der Waals surface area (Å²) in [5, 5.41) is 10.0. The molecule has 0 aliphatic heterocycles. The van der Waals surface area contributed by atoms with E-state index in [4.69, 9.17) is 9.47 Å². The molecule has 0 heterocycles. The Bertz CT molecular complexity index is 388. The maximum absolute atomic E-state index is 10.0. The molecule has 1 N–H and O–H groups in total. The van der Waals surface area contributed by atoms with E-state index in [1.807, 2.05) is 32.0 Å². The van der Waals surface area contributed by atoms with Crippen LogP contribution in [0.4, 0.5) is 0 Å². The topological polar surface area (TPSA) is 41.9 Å². The molecule has 0 aliphatic rings. The summed E-state index contributed by atoms with van der Waals surface area (Å²) in [5.74, 6) is 0.864. The molecule has 0 spiro atoms. The van der Waals surface area contributed by atoms with E-state index in [1.165, 1.54) is 5.56 Å². The van der Waals surface area contributed by atoms with Gasteiger partial charge in [-0.1, -0.05) is 12.1 Å². The molecule has 0 atom stereocenters. The number of ether oxygens (including phenoxy) is 2. The van der Waals surface area contributed by atoms with Gasteiger partial charge in [-0.15, -0.1) is 0 Å². The first kappa shape index (κ1) is 17.0. The van der Waals surface area contributed by atoms with Crippen LogP contribution in [0.3, 0.4) is 0 Å². The van der Waals surface area contributed by atoms with Gasteiger partial charge in [0.2, 0.25) is 0 Å². The summed E-state index contributed by atoms with van der Waals surface area (Å²) in [6, 6.07) is 8.05. The molecule has 0 saturated heterocycles. The van der Waals surface area contributed by atoms with Gasteiger partial charge < -0.3 is 14.6 Å². The third-order valence-corrected chi connectivity index (χ3v) is 2.97. The fourth-order valence-corrected chi connectivity index (χ4v) is 2.22. The normalized spacial score (nSPS) is 11.9. The van der Waals surface area contributed by atoms with Gasteiger partial charge in [-0.3, -0.25) is 4.90 Å². The van der Waals surface area contributed by atoms with Gasteiger partial charge in [-0.2, -0.15) is 0 Å². The van der Waals surface area contributed by atoms with Crippen LogP contribution in [0, 0.1) is 0 Å². The molecule has 0 radical (unpaired) electrons. The van der Waals surface area contributed by atoms with E-state index in [1.54, 1.807) is 14.2 Å². The summed E-state index contributed by atoms with van der Waals surface area (Å²) >= 11 is 0. The van der Waals surface area contributed by atoms with Crippen LogP contribution in [0.15, 0.2) is 24.3 Å². The molecule has 114 valence electrons. The number of aliphatic hydroxyl groups is 1. The Hall–Kier alpha value is -1.10. The van der Waals surface area contributed by atoms with Crippen molar-refractivity contribution in [3.8, 4) is 5.75 Å². The van der Waals surface area contributed by atoms with Crippen molar-refractivity contribution in [2.24, 2.45) is 0 Å². The Balaban J connectivity index is 2.66. The zero-order chi connectivity index (χ0) is 15.0. The lowest BCUT2D eigenvalue weighted by atomic mass is 10.1. The fourth-order valence-electron chi connectivity index (χ4n) is 2.22. The van der Waals surface area contributed by atoms with Crippen LogP contribution < -0.4 is 4.74 Å². The van der Waals surface area contributed by atoms with Crippen molar-refractivity contribution in [3.63, 3.8) is 0 Å². The summed E-state index contributed by atoms with van der Waals surface area (Å²) in [7, 11) is 3.38. The minimum atomic E-state index is -0.702. The molecular weight excluding hydrogens is 254 g/mol. The summed E-state index contributed by atoms with van der Waals surface area (Å²) in [4.78, 5) is 2.24. The number of hydrogen-bond acceptors (Lipinski definition) is 4. The van der Waals surface area contributed by atoms with E-state index in [0.717, 1.165) is 31.9 Å². The van der Waals surface area contributed by atoms with Crippen LogP contribution >= 0.6 is 0 Å². The lowest BCUT2D eigenvalue weighted by Gasteiger charge is -2.29. The molecule has 0 aliphatic carbocycles. The maximum Gasteiger partial charge on any atom is 0.119 e. The summed E-state index contributed by atoms with van der Waals surface area (Å²) in [6.07, 6.45) is 0.955. The van der Waals surface area contributed by atoms with E-state index in [9.17, 15) is 5.11 Å². The number of nitrogens with zero attached hydrogens (tertiary/aromatic N) is 1. The Kier molecular flexibility index (Phi) is 6.99. The molecule has 20 heavy (non-hydrogen) atoms. The van der Waals surface area contributed by atoms with Crippen LogP contribution in [-0.4, -0.2) is 49.5 Å². The average molecular weight is 281 g/mol. The Morgan fingerprint density at radius 3 is 2.60 bits per heavy atom. The molecule has 1 aromatic carbocycles. The Morgan fingerprint density at radius 2 is 2.00 bits per heavy atom. The second kappa shape index (κ2) is 8.25. The second-order valence-corrected chi connectivity index (χ2v) is 5.72. The van der Waals surface area contributed by atoms with E-state index in [-0.39, 0.29) is 0 Å². The third kappa shape index (κ3) is 6.89. The summed E-state index contributed by atoms with van der Waals surface area (Å²) < 4.78 is 10.3. The van der Waals surface area contributed by atoms with Gasteiger partial charge in [0.05, 0.1) is 12.7 Å². The lowest BCUT2D eigenvalue weighted by Crippen LogP contribution is -2.39. The number of benzene rings is 1. The standard InChI is InChI=1S/C16H27NO3/c1-16(2,18)13-17(9-6-10-19-3)12-14-7-5-8-15(11-14)20-4/h5,7-8,11,18H,6,9-10,12-13H2,1-4H3. The second-order valence-electron chi connectivity index (χ2n) is 5.72. The van der Waals surface area contributed by atoms with Crippen molar-refractivity contribution in [1.82, 2.24) is 4.90 Å². The minimum absolute atomic E-state index is 0.633. The minimum Gasteiger partial charge on any atom is -0.497 e. The van der Waals surface area contributed by atoms with E-state index < -0.39 is 5.60 Å².